The first-order valence-corrected chi connectivity index (χ1v) is 6.97. The van der Waals surface area contributed by atoms with E-state index in [2.05, 4.69) is 67.8 Å². The molecule has 0 bridgehead atoms. The van der Waals surface area contributed by atoms with Crippen molar-refractivity contribution in [3.63, 3.8) is 0 Å². The fraction of sp³-hybridized carbons (Fsp3) is 0.176. The van der Waals surface area contributed by atoms with E-state index in [0.717, 1.165) is 6.42 Å². The highest BCUT2D eigenvalue weighted by Gasteiger charge is 2.33. The van der Waals surface area contributed by atoms with Crippen LogP contribution in [0.25, 0.3) is 0 Å². The number of rotatable bonds is 5. The van der Waals surface area contributed by atoms with E-state index in [9.17, 15) is 0 Å². The lowest BCUT2D eigenvalue weighted by Gasteiger charge is -2.35. The molecular weight excluding hydrogens is 236 g/mol. The monoisotopic (exact) mass is 254 g/mol. The smallest absolute Gasteiger partial charge is 0.0631 e. The maximum absolute atomic E-state index is 4.04. The second-order valence-electron chi connectivity index (χ2n) is 4.35. The van der Waals surface area contributed by atoms with Gasteiger partial charge >= 0.3 is 0 Å². The van der Waals surface area contributed by atoms with Gasteiger partial charge in [-0.1, -0.05) is 54.7 Å². The Hall–Kier alpha value is -1.47. The van der Waals surface area contributed by atoms with E-state index < -0.39 is 0 Å². The van der Waals surface area contributed by atoms with Crippen LogP contribution in [0.5, 0.6) is 0 Å². The number of hydrogen-bond acceptors (Lipinski definition) is 1. The molecule has 0 nitrogen and oxygen atoms in total. The van der Waals surface area contributed by atoms with E-state index in [4.69, 9.17) is 0 Å². The van der Waals surface area contributed by atoms with Gasteiger partial charge in [-0.2, -0.15) is 0 Å². The first kappa shape index (κ1) is 13.0. The quantitative estimate of drug-likeness (QED) is 0.665. The molecule has 18 heavy (non-hydrogen) atoms. The van der Waals surface area contributed by atoms with Gasteiger partial charge in [0, 0.05) is 10.8 Å². The molecule has 0 spiro atoms. The fourth-order valence-corrected chi connectivity index (χ4v) is 3.44. The second-order valence-corrected chi connectivity index (χ2v) is 5.73. The number of thioether (sulfide) groups is 1. The summed E-state index contributed by atoms with van der Waals surface area (Å²) in [5.41, 5.74) is 0. The van der Waals surface area contributed by atoms with Crippen LogP contribution in [-0.4, -0.2) is 4.75 Å². The Kier molecular flexibility index (Phi) is 4.27. The van der Waals surface area contributed by atoms with Crippen LogP contribution in [0.4, 0.5) is 0 Å². The van der Waals surface area contributed by atoms with Crippen LogP contribution in [0.1, 0.15) is 6.42 Å². The highest BCUT2D eigenvalue weighted by atomic mass is 32.2. The van der Waals surface area contributed by atoms with Crippen LogP contribution >= 0.6 is 11.8 Å². The van der Waals surface area contributed by atoms with Crippen molar-refractivity contribution in [1.82, 2.24) is 0 Å². The summed E-state index contributed by atoms with van der Waals surface area (Å²) in [5, 5.41) is 0. The molecule has 92 valence electrons. The van der Waals surface area contributed by atoms with E-state index in [-0.39, 0.29) is 4.75 Å². The van der Waals surface area contributed by atoms with Gasteiger partial charge in [0.1, 0.15) is 0 Å². The molecule has 1 heteroatoms. The van der Waals surface area contributed by atoms with Crippen LogP contribution in [0, 0.1) is 5.92 Å². The maximum atomic E-state index is 4.04. The molecule has 0 fully saturated rings. The Balaban J connectivity index is 2.28. The van der Waals surface area contributed by atoms with E-state index in [1.807, 2.05) is 23.9 Å². The third-order valence-electron chi connectivity index (χ3n) is 3.17. The Labute approximate surface area is 114 Å². The standard InChI is InChI=1S/C17H18S/c1-3-10-15-11-8-9-14-17(15,4-2)18-16-12-6-5-7-13-16/h3-9,11-15H,1-2,10H2. The first-order valence-electron chi connectivity index (χ1n) is 6.15. The molecule has 1 aliphatic carbocycles. The topological polar surface area (TPSA) is 0 Å². The van der Waals surface area contributed by atoms with E-state index in [1.165, 1.54) is 4.90 Å². The molecule has 2 rings (SSSR count). The molecule has 2 atom stereocenters. The zero-order chi connectivity index (χ0) is 12.8. The maximum Gasteiger partial charge on any atom is 0.0631 e. The molecule has 0 aromatic heterocycles. The fourth-order valence-electron chi connectivity index (χ4n) is 2.18. The molecule has 0 saturated heterocycles. The highest BCUT2D eigenvalue weighted by molar-refractivity contribution is 8.01. The van der Waals surface area contributed by atoms with Crippen LogP contribution in [0.3, 0.4) is 0 Å². The lowest BCUT2D eigenvalue weighted by atomic mass is 9.85. The van der Waals surface area contributed by atoms with Crippen LogP contribution in [-0.2, 0) is 0 Å². The molecule has 1 aromatic rings. The van der Waals surface area contributed by atoms with Gasteiger partial charge in [-0.05, 0) is 18.6 Å². The Morgan fingerprint density at radius 1 is 1.17 bits per heavy atom. The van der Waals surface area contributed by atoms with Crippen LogP contribution in [0.2, 0.25) is 0 Å². The largest absolute Gasteiger partial charge is 0.110 e. The SMILES string of the molecule is C=CCC1C=CC=CC1(C=C)Sc1ccccc1. The summed E-state index contributed by atoms with van der Waals surface area (Å²) in [6.07, 6.45) is 13.7. The van der Waals surface area contributed by atoms with Gasteiger partial charge in [-0.3, -0.25) is 0 Å². The third kappa shape index (κ3) is 2.68. The van der Waals surface area contributed by atoms with Crippen molar-refractivity contribution in [1.29, 1.82) is 0 Å². The molecular formula is C17H18S. The molecule has 0 amide bonds. The molecule has 1 aliphatic rings. The van der Waals surface area contributed by atoms with Crippen molar-refractivity contribution in [2.45, 2.75) is 16.1 Å². The molecule has 0 saturated carbocycles. The summed E-state index contributed by atoms with van der Waals surface area (Å²) in [6, 6.07) is 10.5. The zero-order valence-corrected chi connectivity index (χ0v) is 11.3. The van der Waals surface area contributed by atoms with Gasteiger partial charge in [-0.25, -0.2) is 0 Å². The number of hydrogen-bond donors (Lipinski definition) is 0. The summed E-state index contributed by atoms with van der Waals surface area (Å²) in [4.78, 5) is 1.27. The average Bonchev–Trinajstić information content (AvgIpc) is 2.42. The predicted octanol–water partition coefficient (Wildman–Crippen LogP) is 5.02. The second kappa shape index (κ2) is 5.92. The van der Waals surface area contributed by atoms with Crippen molar-refractivity contribution in [3.05, 3.63) is 79.9 Å². The predicted molar refractivity (Wildman–Crippen MR) is 81.8 cm³/mol. The van der Waals surface area contributed by atoms with E-state index >= 15 is 0 Å². The van der Waals surface area contributed by atoms with Crippen molar-refractivity contribution < 1.29 is 0 Å². The summed E-state index contributed by atoms with van der Waals surface area (Å²) in [5.74, 6) is 0.419. The van der Waals surface area contributed by atoms with Gasteiger partial charge in [0.25, 0.3) is 0 Å². The Bertz CT molecular complexity index is 470. The summed E-state index contributed by atoms with van der Waals surface area (Å²) >= 11 is 1.86. The zero-order valence-electron chi connectivity index (χ0n) is 10.5. The normalized spacial score (nSPS) is 25.9. The van der Waals surface area contributed by atoms with Crippen LogP contribution < -0.4 is 0 Å². The van der Waals surface area contributed by atoms with Crippen molar-refractivity contribution >= 4 is 11.8 Å². The number of benzene rings is 1. The Morgan fingerprint density at radius 2 is 1.94 bits per heavy atom. The molecule has 0 radical (unpaired) electrons. The average molecular weight is 254 g/mol. The minimum absolute atomic E-state index is 0.0652. The van der Waals surface area contributed by atoms with Gasteiger partial charge < -0.3 is 0 Å². The summed E-state index contributed by atoms with van der Waals surface area (Å²) in [6.45, 7) is 7.91. The lowest BCUT2D eigenvalue weighted by molar-refractivity contribution is 0.599. The van der Waals surface area contributed by atoms with E-state index in [0.29, 0.717) is 5.92 Å². The summed E-state index contributed by atoms with van der Waals surface area (Å²) < 4.78 is -0.0652. The number of allylic oxidation sites excluding steroid dienone is 4. The molecule has 1 aromatic carbocycles. The minimum Gasteiger partial charge on any atom is -0.110 e. The molecule has 0 aliphatic heterocycles. The van der Waals surface area contributed by atoms with Gasteiger partial charge in [0.15, 0.2) is 0 Å². The lowest BCUT2D eigenvalue weighted by Crippen LogP contribution is -2.30. The van der Waals surface area contributed by atoms with Gasteiger partial charge in [-0.15, -0.1) is 24.9 Å². The van der Waals surface area contributed by atoms with Crippen molar-refractivity contribution in [2.24, 2.45) is 5.92 Å². The first-order chi connectivity index (χ1) is 8.80. The van der Waals surface area contributed by atoms with Crippen molar-refractivity contribution in [3.8, 4) is 0 Å². The van der Waals surface area contributed by atoms with Crippen molar-refractivity contribution in [2.75, 3.05) is 0 Å². The molecule has 0 heterocycles. The molecule has 2 unspecified atom stereocenters. The van der Waals surface area contributed by atoms with Gasteiger partial charge in [0.2, 0.25) is 0 Å². The summed E-state index contributed by atoms with van der Waals surface area (Å²) in [7, 11) is 0. The van der Waals surface area contributed by atoms with Gasteiger partial charge in [0.05, 0.1) is 4.75 Å². The van der Waals surface area contributed by atoms with Crippen LogP contribution in [0.15, 0.2) is 84.8 Å². The highest BCUT2D eigenvalue weighted by Crippen LogP contribution is 2.44. The Morgan fingerprint density at radius 3 is 2.61 bits per heavy atom. The van der Waals surface area contributed by atoms with E-state index in [1.54, 1.807) is 0 Å². The minimum atomic E-state index is -0.0652. The third-order valence-corrected chi connectivity index (χ3v) is 4.64. The molecule has 0 N–H and O–H groups in total.